The number of hydrogen-bond donors (Lipinski definition) is 4. The predicted octanol–water partition coefficient (Wildman–Crippen LogP) is 6.50. The van der Waals surface area contributed by atoms with Crippen LogP contribution >= 0.6 is 0 Å². The van der Waals surface area contributed by atoms with Crippen LogP contribution in [0.15, 0.2) is 60.7 Å². The van der Waals surface area contributed by atoms with Gasteiger partial charge in [0.2, 0.25) is 0 Å². The second kappa shape index (κ2) is 13.9. The van der Waals surface area contributed by atoms with Gasteiger partial charge < -0.3 is 25.2 Å². The van der Waals surface area contributed by atoms with E-state index in [1.807, 2.05) is 74.5 Å². The molecule has 7 nitrogen and oxygen atoms in total. The first-order valence-corrected chi connectivity index (χ1v) is 14.6. The third-order valence-corrected chi connectivity index (χ3v) is 7.90. The molecule has 1 fully saturated rings. The molecule has 1 heterocycles. The Morgan fingerprint density at radius 1 is 0.951 bits per heavy atom. The molecule has 0 radical (unpaired) electrons. The van der Waals surface area contributed by atoms with Gasteiger partial charge in [-0.1, -0.05) is 62.4 Å². The van der Waals surface area contributed by atoms with Gasteiger partial charge in [-0.2, -0.15) is 0 Å². The molecule has 41 heavy (non-hydrogen) atoms. The van der Waals surface area contributed by atoms with E-state index in [1.165, 1.54) is 0 Å². The molecular weight excluding hydrogens is 523 g/mol. The summed E-state index contributed by atoms with van der Waals surface area (Å²) < 4.78 is 16.4. The van der Waals surface area contributed by atoms with Crippen molar-refractivity contribution < 1.29 is 29.3 Å². The number of benzene rings is 2. The van der Waals surface area contributed by atoms with E-state index in [1.54, 1.807) is 0 Å². The Labute approximate surface area is 241 Å². The first kappa shape index (κ1) is 30.5. The fraction of sp³-hybridized carbons (Fsp3) is 0.455. The Balaban J connectivity index is 1.83. The molecule has 2 atom stereocenters. The Kier molecular flexibility index (Phi) is 10.3. The third-order valence-electron chi connectivity index (χ3n) is 7.90. The number of para-hydroxylation sites is 1. The zero-order valence-corrected chi connectivity index (χ0v) is 23.8. The fourth-order valence-electron chi connectivity index (χ4n) is 6.08. The summed E-state index contributed by atoms with van der Waals surface area (Å²) in [7, 11) is 0. The summed E-state index contributed by atoms with van der Waals surface area (Å²) in [5, 5.41) is 32.9. The third kappa shape index (κ3) is 7.63. The van der Waals surface area contributed by atoms with Crippen LogP contribution in [0.1, 0.15) is 92.4 Å². The van der Waals surface area contributed by atoms with Crippen molar-refractivity contribution in [2.75, 3.05) is 5.32 Å². The Morgan fingerprint density at radius 2 is 1.56 bits per heavy atom. The van der Waals surface area contributed by atoms with Gasteiger partial charge in [0.1, 0.15) is 6.17 Å². The monoisotopic (exact) mass is 564 g/mol. The number of halogens is 1. The lowest BCUT2D eigenvalue weighted by atomic mass is 9.82. The standard InChI is InChI=1S/C33H41FN2O5/c1-21(2)31-30(33(41)35-25-11-7-4-8-12-25)29(22-9-5-3-6-10-22)32(23-13-15-24(34)16-14-23)36(31)18-17-26(37)19-27(38)20-28(39)40/h3-12,21,23-24,26-27,37-38H,13-20H2,1-2H3,(H,35,41)(H,39,40)/t23?,24?,26-,27-/m1/s1. The van der Waals surface area contributed by atoms with Crippen molar-refractivity contribution in [1.82, 2.24) is 4.57 Å². The molecule has 1 aromatic heterocycles. The summed E-state index contributed by atoms with van der Waals surface area (Å²) in [6.07, 6.45) is -0.914. The lowest BCUT2D eigenvalue weighted by molar-refractivity contribution is -0.139. The van der Waals surface area contributed by atoms with Crippen molar-refractivity contribution in [3.05, 3.63) is 77.6 Å². The minimum absolute atomic E-state index is 0.0303. The molecule has 1 saturated carbocycles. The molecule has 220 valence electrons. The van der Waals surface area contributed by atoms with Crippen LogP contribution in [0.25, 0.3) is 11.1 Å². The van der Waals surface area contributed by atoms with Gasteiger partial charge in [-0.3, -0.25) is 9.59 Å². The normalized spacial score (nSPS) is 18.7. The van der Waals surface area contributed by atoms with E-state index in [4.69, 9.17) is 5.11 Å². The van der Waals surface area contributed by atoms with E-state index in [-0.39, 0.29) is 30.6 Å². The maximum atomic E-state index is 14.3. The zero-order chi connectivity index (χ0) is 29.5. The van der Waals surface area contributed by atoms with E-state index in [2.05, 4.69) is 9.88 Å². The van der Waals surface area contributed by atoms with Crippen LogP contribution in [0, 0.1) is 0 Å². The van der Waals surface area contributed by atoms with E-state index in [9.17, 15) is 24.2 Å². The van der Waals surface area contributed by atoms with Crippen molar-refractivity contribution in [3.63, 3.8) is 0 Å². The van der Waals surface area contributed by atoms with Crippen molar-refractivity contribution in [2.24, 2.45) is 0 Å². The molecule has 4 rings (SSSR count). The number of aliphatic carboxylic acids is 1. The largest absolute Gasteiger partial charge is 0.481 e. The number of anilines is 1. The van der Waals surface area contributed by atoms with Crippen LogP contribution in [-0.2, 0) is 11.3 Å². The average molecular weight is 565 g/mol. The number of aromatic nitrogens is 1. The summed E-state index contributed by atoms with van der Waals surface area (Å²) in [6, 6.07) is 19.1. The molecule has 4 N–H and O–H groups in total. The minimum atomic E-state index is -1.15. The molecule has 2 aromatic carbocycles. The van der Waals surface area contributed by atoms with Crippen molar-refractivity contribution in [2.45, 2.75) is 95.6 Å². The average Bonchev–Trinajstić information content (AvgIpc) is 3.28. The van der Waals surface area contributed by atoms with Crippen LogP contribution in [0.3, 0.4) is 0 Å². The number of carbonyl (C=O) groups is 2. The van der Waals surface area contributed by atoms with Crippen molar-refractivity contribution in [3.8, 4) is 11.1 Å². The second-order valence-electron chi connectivity index (χ2n) is 11.4. The number of aliphatic hydroxyl groups is 2. The molecule has 3 aromatic rings. The predicted molar refractivity (Wildman–Crippen MR) is 158 cm³/mol. The van der Waals surface area contributed by atoms with Crippen LogP contribution in [-0.4, -0.2) is 50.1 Å². The first-order valence-electron chi connectivity index (χ1n) is 14.6. The van der Waals surface area contributed by atoms with Gasteiger partial charge in [0.25, 0.3) is 5.91 Å². The quantitative estimate of drug-likeness (QED) is 0.201. The molecule has 0 saturated heterocycles. The highest BCUT2D eigenvalue weighted by molar-refractivity contribution is 6.10. The molecule has 0 bridgehead atoms. The van der Waals surface area contributed by atoms with Crippen LogP contribution in [0.4, 0.5) is 10.1 Å². The molecule has 0 unspecified atom stereocenters. The molecular formula is C33H41FN2O5. The highest BCUT2D eigenvalue weighted by Crippen LogP contribution is 2.45. The molecule has 1 aliphatic rings. The highest BCUT2D eigenvalue weighted by atomic mass is 19.1. The maximum absolute atomic E-state index is 14.3. The summed E-state index contributed by atoms with van der Waals surface area (Å²) >= 11 is 0. The molecule has 0 spiro atoms. The number of rotatable bonds is 12. The van der Waals surface area contributed by atoms with E-state index in [0.717, 1.165) is 22.5 Å². The molecule has 0 aliphatic heterocycles. The topological polar surface area (TPSA) is 112 Å². The van der Waals surface area contributed by atoms with Crippen LogP contribution in [0.2, 0.25) is 0 Å². The van der Waals surface area contributed by atoms with Gasteiger partial charge in [-0.15, -0.1) is 0 Å². The van der Waals surface area contributed by atoms with Gasteiger partial charge >= 0.3 is 5.97 Å². The summed E-state index contributed by atoms with van der Waals surface area (Å²) in [5.41, 5.74) is 4.82. The molecule has 1 amide bonds. The second-order valence-corrected chi connectivity index (χ2v) is 11.4. The van der Waals surface area contributed by atoms with Gasteiger partial charge in [0.15, 0.2) is 0 Å². The SMILES string of the molecule is CC(C)c1c(C(=O)Nc2ccccc2)c(-c2ccccc2)c(C2CCC(F)CC2)n1CC[C@@H](O)C[C@@H](O)CC(=O)O. The summed E-state index contributed by atoms with van der Waals surface area (Å²) in [6.45, 7) is 4.45. The van der Waals surface area contributed by atoms with E-state index in [0.29, 0.717) is 43.5 Å². The minimum Gasteiger partial charge on any atom is -0.481 e. The van der Waals surface area contributed by atoms with Gasteiger partial charge in [0, 0.05) is 35.1 Å². The van der Waals surface area contributed by atoms with Gasteiger partial charge in [-0.25, -0.2) is 4.39 Å². The Morgan fingerprint density at radius 3 is 2.15 bits per heavy atom. The van der Waals surface area contributed by atoms with Crippen molar-refractivity contribution >= 4 is 17.6 Å². The number of carboxylic acids is 1. The van der Waals surface area contributed by atoms with Crippen LogP contribution in [0.5, 0.6) is 0 Å². The van der Waals surface area contributed by atoms with E-state index < -0.39 is 30.8 Å². The number of aliphatic hydroxyl groups excluding tert-OH is 2. The number of hydrogen-bond acceptors (Lipinski definition) is 4. The lowest BCUT2D eigenvalue weighted by Gasteiger charge is -2.28. The number of nitrogens with zero attached hydrogens (tertiary/aromatic N) is 1. The first-order chi connectivity index (χ1) is 19.7. The Bertz CT molecular complexity index is 1300. The van der Waals surface area contributed by atoms with Crippen LogP contribution < -0.4 is 5.32 Å². The highest BCUT2D eigenvalue weighted by Gasteiger charge is 2.35. The maximum Gasteiger partial charge on any atom is 0.305 e. The number of amides is 1. The fourth-order valence-corrected chi connectivity index (χ4v) is 6.08. The number of nitrogens with one attached hydrogen (secondary N) is 1. The number of carbonyl (C=O) groups excluding carboxylic acids is 1. The smallest absolute Gasteiger partial charge is 0.305 e. The summed E-state index contributed by atoms with van der Waals surface area (Å²) in [5.74, 6) is -1.36. The van der Waals surface area contributed by atoms with Gasteiger partial charge in [0.05, 0.1) is 24.2 Å². The van der Waals surface area contributed by atoms with Crippen molar-refractivity contribution in [1.29, 1.82) is 0 Å². The lowest BCUT2D eigenvalue weighted by Crippen LogP contribution is -2.24. The number of carboxylic acid groups (broad SMARTS) is 1. The van der Waals surface area contributed by atoms with E-state index >= 15 is 0 Å². The molecule has 1 aliphatic carbocycles. The number of alkyl halides is 1. The molecule has 8 heteroatoms. The Hall–Kier alpha value is -3.49. The zero-order valence-electron chi connectivity index (χ0n) is 23.8. The summed E-state index contributed by atoms with van der Waals surface area (Å²) in [4.78, 5) is 25.1. The van der Waals surface area contributed by atoms with Gasteiger partial charge in [-0.05, 0) is 62.1 Å².